The van der Waals surface area contributed by atoms with E-state index in [0.717, 1.165) is 11.3 Å². The molecular formula is C18H23Cl2IN3O2P. The monoisotopic (exact) mass is 541 g/mol. The Kier molecular flexibility index (Phi) is 10.7. The first-order chi connectivity index (χ1) is 12.9. The van der Waals surface area contributed by atoms with Gasteiger partial charge in [-0.3, -0.25) is 4.98 Å². The number of ether oxygens (including phenoxy) is 2. The second-order valence-electron chi connectivity index (χ2n) is 5.17. The summed E-state index contributed by atoms with van der Waals surface area (Å²) in [5, 5.41) is 12.1. The van der Waals surface area contributed by atoms with Gasteiger partial charge < -0.3 is 20.0 Å². The molecule has 0 amide bonds. The Morgan fingerprint density at radius 2 is 1.81 bits per heavy atom. The minimum atomic E-state index is -0.416. The van der Waals surface area contributed by atoms with Gasteiger partial charge in [0.2, 0.25) is 0 Å². The van der Waals surface area contributed by atoms with Gasteiger partial charge in [0.25, 0.3) is 0 Å². The first-order valence-corrected chi connectivity index (χ1v) is 13.1. The predicted molar refractivity (Wildman–Crippen MR) is 126 cm³/mol. The molecule has 0 aliphatic heterocycles. The van der Waals surface area contributed by atoms with Crippen LogP contribution >= 0.6 is 51.6 Å². The zero-order valence-corrected chi connectivity index (χ0v) is 20.5. The molecule has 2 aromatic rings. The molecule has 0 saturated heterocycles. The smallest absolute Gasteiger partial charge is 0.162 e. The van der Waals surface area contributed by atoms with Crippen molar-refractivity contribution < 1.29 is 9.47 Å². The number of aromatic nitrogens is 1. The number of halogens is 3. The molecule has 1 aromatic heterocycles. The Labute approximate surface area is 185 Å². The molecule has 0 aliphatic rings. The molecule has 9 heteroatoms. The number of hydrogen-bond acceptors (Lipinski definition) is 5. The third-order valence-corrected chi connectivity index (χ3v) is 5.27. The largest absolute Gasteiger partial charge is 0.493 e. The molecule has 0 fully saturated rings. The van der Waals surface area contributed by atoms with Crippen LogP contribution in [0.3, 0.4) is 0 Å². The molecule has 0 aliphatic carbocycles. The summed E-state index contributed by atoms with van der Waals surface area (Å²) in [5.41, 5.74) is 2.66. The highest BCUT2D eigenvalue weighted by Gasteiger charge is 2.19. The van der Waals surface area contributed by atoms with Crippen molar-refractivity contribution in [3.63, 3.8) is 0 Å². The number of hydrogen-bond donors (Lipinski definition) is 2. The SMILES string of the molecule is CC.COc1cc(NPI)c(C(C)=N)cc1O[C@H](C)c1c(Cl)cncc1Cl. The van der Waals surface area contributed by atoms with Crippen molar-refractivity contribution in [1.82, 2.24) is 4.98 Å². The van der Waals surface area contributed by atoms with E-state index in [0.29, 0.717) is 39.2 Å². The van der Waals surface area contributed by atoms with Crippen molar-refractivity contribution in [3.05, 3.63) is 45.7 Å². The molecule has 2 N–H and O–H groups in total. The van der Waals surface area contributed by atoms with E-state index in [1.807, 2.05) is 26.8 Å². The van der Waals surface area contributed by atoms with Gasteiger partial charge in [-0.05, 0) is 42.0 Å². The van der Waals surface area contributed by atoms with Crippen LogP contribution in [0, 0.1) is 5.41 Å². The lowest BCUT2D eigenvalue weighted by atomic mass is 10.1. The summed E-state index contributed by atoms with van der Waals surface area (Å²) in [4.78, 5) is 3.96. The van der Waals surface area contributed by atoms with E-state index in [1.54, 1.807) is 20.1 Å². The van der Waals surface area contributed by atoms with E-state index < -0.39 is 6.10 Å². The summed E-state index contributed by atoms with van der Waals surface area (Å²) in [6.45, 7) is 7.58. The molecule has 148 valence electrons. The van der Waals surface area contributed by atoms with Crippen molar-refractivity contribution in [2.24, 2.45) is 0 Å². The van der Waals surface area contributed by atoms with Gasteiger partial charge in [0, 0.05) is 41.7 Å². The zero-order chi connectivity index (χ0) is 20.6. The summed E-state index contributed by atoms with van der Waals surface area (Å²) < 4.78 is 11.5. The van der Waals surface area contributed by atoms with Crippen LogP contribution in [0.15, 0.2) is 24.5 Å². The highest BCUT2D eigenvalue weighted by Crippen LogP contribution is 2.40. The number of nitrogens with zero attached hydrogens (tertiary/aromatic N) is 1. The third kappa shape index (κ3) is 6.34. The average molecular weight is 542 g/mol. The Morgan fingerprint density at radius 1 is 1.22 bits per heavy atom. The second-order valence-corrected chi connectivity index (χ2v) is 8.04. The number of nitrogens with one attached hydrogen (secondary N) is 2. The third-order valence-electron chi connectivity index (χ3n) is 3.49. The van der Waals surface area contributed by atoms with Crippen molar-refractivity contribution in [2.75, 3.05) is 12.2 Å². The van der Waals surface area contributed by atoms with Gasteiger partial charge in [-0.25, -0.2) is 0 Å². The van der Waals surface area contributed by atoms with Gasteiger partial charge in [0.1, 0.15) is 6.10 Å². The Bertz CT molecular complexity index is 773. The lowest BCUT2D eigenvalue weighted by Crippen LogP contribution is -2.08. The first kappa shape index (κ1) is 24.2. The topological polar surface area (TPSA) is 67.2 Å². The van der Waals surface area contributed by atoms with E-state index in [4.69, 9.17) is 38.1 Å². The maximum absolute atomic E-state index is 8.01. The lowest BCUT2D eigenvalue weighted by Gasteiger charge is -2.21. The van der Waals surface area contributed by atoms with E-state index in [2.05, 4.69) is 32.1 Å². The second kappa shape index (κ2) is 11.9. The molecule has 0 bridgehead atoms. The van der Waals surface area contributed by atoms with Crippen molar-refractivity contribution in [3.8, 4) is 11.5 Å². The number of methoxy groups -OCH3 is 1. The predicted octanol–water partition coefficient (Wildman–Crippen LogP) is 7.31. The van der Waals surface area contributed by atoms with Gasteiger partial charge in [-0.1, -0.05) is 37.0 Å². The van der Waals surface area contributed by atoms with Crippen molar-refractivity contribution in [1.29, 1.82) is 5.41 Å². The fourth-order valence-electron chi connectivity index (χ4n) is 2.34. The summed E-state index contributed by atoms with van der Waals surface area (Å²) >= 11 is 14.7. The molecule has 2 atom stereocenters. The van der Waals surface area contributed by atoms with Gasteiger partial charge >= 0.3 is 0 Å². The minimum Gasteiger partial charge on any atom is -0.493 e. The summed E-state index contributed by atoms with van der Waals surface area (Å²) in [7, 11) is 1.58. The highest BCUT2D eigenvalue weighted by molar-refractivity contribution is 14.2. The quantitative estimate of drug-likeness (QED) is 0.219. The summed E-state index contributed by atoms with van der Waals surface area (Å²) in [6, 6.07) is 3.62. The standard InChI is InChI=1S/C16H17Cl2IN3O2P.C2H6/c1-8(20)10-4-15(14(23-3)5-13(10)22-25-19)24-9(2)16-11(17)6-21-7-12(16)18;1-2/h4-7,9,20,22,25H,1-3H3;1-2H3/t9-;/m1./s1. The molecule has 1 aromatic carbocycles. The average Bonchev–Trinajstić information content (AvgIpc) is 2.64. The number of benzene rings is 1. The van der Waals surface area contributed by atoms with Crippen molar-refractivity contribution >= 4 is 63.0 Å². The lowest BCUT2D eigenvalue weighted by molar-refractivity contribution is 0.216. The van der Waals surface area contributed by atoms with E-state index >= 15 is 0 Å². The molecule has 27 heavy (non-hydrogen) atoms. The maximum atomic E-state index is 8.01. The molecule has 1 heterocycles. The minimum absolute atomic E-state index is 0.416. The van der Waals surface area contributed by atoms with Crippen LogP contribution in [0.25, 0.3) is 0 Å². The van der Waals surface area contributed by atoms with Gasteiger partial charge in [0.05, 0.1) is 22.8 Å². The van der Waals surface area contributed by atoms with E-state index in [1.165, 1.54) is 12.4 Å². The molecule has 0 saturated carbocycles. The fraction of sp³-hybridized carbons (Fsp3) is 0.333. The van der Waals surface area contributed by atoms with Crippen LogP contribution in [-0.4, -0.2) is 17.8 Å². The van der Waals surface area contributed by atoms with Crippen LogP contribution < -0.4 is 14.6 Å². The molecule has 1 unspecified atom stereocenters. The number of rotatable bonds is 7. The number of pyridine rings is 1. The summed E-state index contributed by atoms with van der Waals surface area (Å²) in [5.74, 6) is 1.08. The zero-order valence-electron chi connectivity index (χ0n) is 15.8. The van der Waals surface area contributed by atoms with Crippen molar-refractivity contribution in [2.45, 2.75) is 33.8 Å². The molecule has 5 nitrogen and oxygen atoms in total. The molecule has 0 spiro atoms. The molecule has 0 radical (unpaired) electrons. The van der Waals surface area contributed by atoms with E-state index in [-0.39, 0.29) is 0 Å². The fourth-order valence-corrected chi connectivity index (χ4v) is 4.19. The normalized spacial score (nSPS) is 11.6. The first-order valence-electron chi connectivity index (χ1n) is 8.23. The van der Waals surface area contributed by atoms with Gasteiger partial charge in [-0.2, -0.15) is 0 Å². The van der Waals surface area contributed by atoms with Gasteiger partial charge in [-0.15, -0.1) is 0 Å². The van der Waals surface area contributed by atoms with Crippen LogP contribution in [0.2, 0.25) is 10.0 Å². The molecular weight excluding hydrogens is 519 g/mol. The van der Waals surface area contributed by atoms with Gasteiger partial charge in [0.15, 0.2) is 11.5 Å². The Hall–Kier alpha value is -0.820. The highest BCUT2D eigenvalue weighted by atomic mass is 127. The Balaban J connectivity index is 0.00000176. The molecule has 2 rings (SSSR count). The van der Waals surface area contributed by atoms with Crippen LogP contribution in [0.5, 0.6) is 11.5 Å². The van der Waals surface area contributed by atoms with E-state index in [9.17, 15) is 0 Å². The van der Waals surface area contributed by atoms with Crippen LogP contribution in [0.4, 0.5) is 5.69 Å². The van der Waals surface area contributed by atoms with Crippen LogP contribution in [0.1, 0.15) is 44.9 Å². The summed E-state index contributed by atoms with van der Waals surface area (Å²) in [6.07, 6.45) is 3.12. The maximum Gasteiger partial charge on any atom is 0.162 e. The number of anilines is 1. The van der Waals surface area contributed by atoms with Crippen LogP contribution in [-0.2, 0) is 0 Å². The Morgan fingerprint density at radius 3 is 2.30 bits per heavy atom.